The van der Waals surface area contributed by atoms with E-state index < -0.39 is 0 Å². The molecule has 0 bridgehead atoms. The first-order valence-electron chi connectivity index (χ1n) is 6.60. The largest absolute Gasteiger partial charge is 0.464 e. The van der Waals surface area contributed by atoms with Crippen LogP contribution < -0.4 is 10.1 Å². The summed E-state index contributed by atoms with van der Waals surface area (Å²) in [5, 5.41) is 3.36. The molecule has 0 spiro atoms. The van der Waals surface area contributed by atoms with Crippen LogP contribution in [0.15, 0.2) is 40.8 Å². The van der Waals surface area contributed by atoms with E-state index in [1.807, 2.05) is 19.1 Å². The lowest BCUT2D eigenvalue weighted by atomic mass is 10.1. The number of hydrogen-bond donors (Lipinski definition) is 1. The summed E-state index contributed by atoms with van der Waals surface area (Å²) >= 11 is 0. The lowest BCUT2D eigenvalue weighted by Crippen LogP contribution is -2.09. The topological polar surface area (TPSA) is 47.3 Å². The zero-order valence-corrected chi connectivity index (χ0v) is 11.3. The Labute approximate surface area is 116 Å². The van der Waals surface area contributed by atoms with E-state index >= 15 is 0 Å². The molecule has 2 aromatic carbocycles. The summed E-state index contributed by atoms with van der Waals surface area (Å²) in [6.45, 7) is 3.91. The minimum atomic E-state index is -0.154. The van der Waals surface area contributed by atoms with Crippen molar-refractivity contribution in [3.63, 3.8) is 0 Å². The number of ether oxygens (including phenoxy) is 1. The third kappa shape index (κ3) is 1.72. The molecule has 0 fully saturated rings. The van der Waals surface area contributed by atoms with Gasteiger partial charge in [0.05, 0.1) is 5.69 Å². The van der Waals surface area contributed by atoms with Gasteiger partial charge in [-0.3, -0.25) is 0 Å². The fourth-order valence-electron chi connectivity index (χ4n) is 2.47. The third-order valence-corrected chi connectivity index (χ3v) is 3.51. The van der Waals surface area contributed by atoms with Gasteiger partial charge < -0.3 is 14.5 Å². The van der Waals surface area contributed by atoms with E-state index in [4.69, 9.17) is 9.15 Å². The van der Waals surface area contributed by atoms with Crippen LogP contribution in [0.25, 0.3) is 11.1 Å². The van der Waals surface area contributed by atoms with Gasteiger partial charge in [-0.1, -0.05) is 29.8 Å². The monoisotopic (exact) mass is 266 g/mol. The molecule has 1 aliphatic rings. The Morgan fingerprint density at radius 3 is 2.70 bits per heavy atom. The van der Waals surface area contributed by atoms with Gasteiger partial charge in [-0.25, -0.2) is 4.98 Å². The van der Waals surface area contributed by atoms with Gasteiger partial charge in [0.15, 0.2) is 17.7 Å². The number of anilines is 1. The molecule has 4 nitrogen and oxygen atoms in total. The summed E-state index contributed by atoms with van der Waals surface area (Å²) in [5.41, 5.74) is 4.89. The summed E-state index contributed by atoms with van der Waals surface area (Å²) < 4.78 is 11.5. The highest BCUT2D eigenvalue weighted by atomic mass is 16.5. The number of nitrogens with one attached hydrogen (secondary N) is 1. The van der Waals surface area contributed by atoms with Gasteiger partial charge >= 0.3 is 0 Å². The number of rotatable bonds is 1. The molecule has 100 valence electrons. The Morgan fingerprint density at radius 1 is 1.10 bits per heavy atom. The number of aromatic nitrogens is 1. The predicted octanol–water partition coefficient (Wildman–Crippen LogP) is 3.95. The molecular formula is C16H14N2O2. The first-order chi connectivity index (χ1) is 9.69. The van der Waals surface area contributed by atoms with E-state index in [1.165, 1.54) is 5.56 Å². The second-order valence-electron chi connectivity index (χ2n) is 5.10. The molecule has 1 aromatic heterocycles. The predicted molar refractivity (Wildman–Crippen MR) is 76.9 cm³/mol. The van der Waals surface area contributed by atoms with Crippen molar-refractivity contribution in [1.29, 1.82) is 0 Å². The maximum Gasteiger partial charge on any atom is 0.196 e. The third-order valence-electron chi connectivity index (χ3n) is 3.51. The fourth-order valence-corrected chi connectivity index (χ4v) is 2.47. The summed E-state index contributed by atoms with van der Waals surface area (Å²) in [6, 6.07) is 12.2. The van der Waals surface area contributed by atoms with Crippen LogP contribution in [0.1, 0.15) is 23.2 Å². The number of aryl methyl sites for hydroxylation is 2. The van der Waals surface area contributed by atoms with Crippen molar-refractivity contribution in [2.24, 2.45) is 0 Å². The normalized spacial score (nSPS) is 16.8. The minimum absolute atomic E-state index is 0.154. The highest BCUT2D eigenvalue weighted by Gasteiger charge is 2.24. The molecule has 1 N–H and O–H groups in total. The molecule has 4 heteroatoms. The molecule has 3 aromatic rings. The molecule has 1 unspecified atom stereocenters. The van der Waals surface area contributed by atoms with E-state index in [9.17, 15) is 0 Å². The van der Waals surface area contributed by atoms with Gasteiger partial charge in [0.1, 0.15) is 11.3 Å². The molecule has 0 radical (unpaired) electrons. The highest BCUT2D eigenvalue weighted by Crippen LogP contribution is 2.40. The molecule has 0 saturated heterocycles. The fraction of sp³-hybridized carbons (Fsp3) is 0.188. The van der Waals surface area contributed by atoms with Crippen LogP contribution in [0.5, 0.6) is 5.75 Å². The summed E-state index contributed by atoms with van der Waals surface area (Å²) in [7, 11) is 0. The smallest absolute Gasteiger partial charge is 0.196 e. The second-order valence-corrected chi connectivity index (χ2v) is 5.10. The molecule has 2 heterocycles. The number of oxazole rings is 1. The van der Waals surface area contributed by atoms with Crippen LogP contribution in [0.4, 0.5) is 5.69 Å². The average molecular weight is 266 g/mol. The Morgan fingerprint density at radius 2 is 1.90 bits per heavy atom. The Hall–Kier alpha value is -2.49. The minimum Gasteiger partial charge on any atom is -0.464 e. The lowest BCUT2D eigenvalue weighted by Gasteiger charge is -2.11. The Balaban J connectivity index is 1.71. The van der Waals surface area contributed by atoms with Crippen molar-refractivity contribution in [1.82, 2.24) is 4.98 Å². The first-order valence-corrected chi connectivity index (χ1v) is 6.60. The van der Waals surface area contributed by atoms with E-state index in [2.05, 4.69) is 41.5 Å². The van der Waals surface area contributed by atoms with Crippen LogP contribution in [-0.4, -0.2) is 4.98 Å². The molecule has 0 aliphatic carbocycles. The maximum absolute atomic E-state index is 5.96. The SMILES string of the molecule is Cc1ccc(C2Nc3cc4oc(C)nc4cc3O2)cc1. The van der Waals surface area contributed by atoms with Crippen molar-refractivity contribution >= 4 is 16.8 Å². The number of fused-ring (bicyclic) bond motifs is 2. The van der Waals surface area contributed by atoms with E-state index in [0.29, 0.717) is 5.89 Å². The van der Waals surface area contributed by atoms with Crippen molar-refractivity contribution < 1.29 is 9.15 Å². The molecule has 20 heavy (non-hydrogen) atoms. The van der Waals surface area contributed by atoms with Crippen LogP contribution in [-0.2, 0) is 0 Å². The molecule has 0 saturated carbocycles. The van der Waals surface area contributed by atoms with Crippen LogP contribution >= 0.6 is 0 Å². The van der Waals surface area contributed by atoms with Gasteiger partial charge in [0, 0.05) is 24.6 Å². The molecular weight excluding hydrogens is 252 g/mol. The van der Waals surface area contributed by atoms with Crippen molar-refractivity contribution in [2.75, 3.05) is 5.32 Å². The summed E-state index contributed by atoms with van der Waals surface area (Å²) in [5.74, 6) is 1.48. The number of benzene rings is 2. The van der Waals surface area contributed by atoms with Gasteiger partial charge in [-0.05, 0) is 6.92 Å². The van der Waals surface area contributed by atoms with E-state index in [-0.39, 0.29) is 6.23 Å². The maximum atomic E-state index is 5.96. The van der Waals surface area contributed by atoms with Crippen molar-refractivity contribution in [3.8, 4) is 5.75 Å². The Bertz CT molecular complexity index is 747. The van der Waals surface area contributed by atoms with E-state index in [1.54, 1.807) is 0 Å². The number of hydrogen-bond acceptors (Lipinski definition) is 4. The van der Waals surface area contributed by atoms with Crippen molar-refractivity contribution in [3.05, 3.63) is 53.4 Å². The molecule has 1 aliphatic heterocycles. The molecule has 1 atom stereocenters. The zero-order chi connectivity index (χ0) is 13.7. The molecule has 4 rings (SSSR count). The van der Waals surface area contributed by atoms with Crippen LogP contribution in [0.3, 0.4) is 0 Å². The van der Waals surface area contributed by atoms with E-state index in [0.717, 1.165) is 28.1 Å². The van der Waals surface area contributed by atoms with Crippen LogP contribution in [0, 0.1) is 13.8 Å². The number of nitrogens with zero attached hydrogens (tertiary/aromatic N) is 1. The van der Waals surface area contributed by atoms with Gasteiger partial charge in [-0.15, -0.1) is 0 Å². The second kappa shape index (κ2) is 4.00. The van der Waals surface area contributed by atoms with Gasteiger partial charge in [-0.2, -0.15) is 0 Å². The van der Waals surface area contributed by atoms with Crippen molar-refractivity contribution in [2.45, 2.75) is 20.1 Å². The van der Waals surface area contributed by atoms with Crippen LogP contribution in [0.2, 0.25) is 0 Å². The lowest BCUT2D eigenvalue weighted by molar-refractivity contribution is 0.260. The average Bonchev–Trinajstić information content (AvgIpc) is 2.97. The molecule has 0 amide bonds. The highest BCUT2D eigenvalue weighted by molar-refractivity contribution is 5.82. The zero-order valence-electron chi connectivity index (χ0n) is 11.3. The standard InChI is InChI=1S/C16H14N2O2/c1-9-3-5-11(6-4-9)16-18-13-8-14-12(7-15(13)20-16)17-10(2)19-14/h3-8,16,18H,1-2H3. The first kappa shape index (κ1) is 11.3. The quantitative estimate of drug-likeness (QED) is 0.724. The van der Waals surface area contributed by atoms with Gasteiger partial charge in [0.25, 0.3) is 0 Å². The summed E-state index contributed by atoms with van der Waals surface area (Å²) in [4.78, 5) is 4.33. The Kier molecular flexibility index (Phi) is 2.27. The van der Waals surface area contributed by atoms with Gasteiger partial charge in [0.2, 0.25) is 0 Å². The summed E-state index contributed by atoms with van der Waals surface area (Å²) in [6.07, 6.45) is -0.154.